The molecule has 0 saturated carbocycles. The highest BCUT2D eigenvalue weighted by molar-refractivity contribution is 9.09. The quantitative estimate of drug-likeness (QED) is 0.563. The van der Waals surface area contributed by atoms with E-state index < -0.39 is 5.54 Å². The van der Waals surface area contributed by atoms with E-state index in [4.69, 9.17) is 5.26 Å². The molecular weight excluding hydrogens is 244 g/mol. The summed E-state index contributed by atoms with van der Waals surface area (Å²) in [7, 11) is 1.68. The van der Waals surface area contributed by atoms with Crippen molar-refractivity contribution in [3.8, 4) is 6.07 Å². The minimum absolute atomic E-state index is 0.0394. The van der Waals surface area contributed by atoms with Gasteiger partial charge in [-0.25, -0.2) is 0 Å². The molecule has 3 nitrogen and oxygen atoms in total. The SMILES string of the molecule is CN(C(=O)CCCCBr)C(C)(C)C#N. The zero-order chi connectivity index (χ0) is 11.2. The van der Waals surface area contributed by atoms with Crippen LogP contribution in [0.3, 0.4) is 0 Å². The monoisotopic (exact) mass is 260 g/mol. The highest BCUT2D eigenvalue weighted by Crippen LogP contribution is 2.13. The molecule has 1 amide bonds. The van der Waals surface area contributed by atoms with Crippen LogP contribution in [0, 0.1) is 11.3 Å². The highest BCUT2D eigenvalue weighted by atomic mass is 79.9. The fourth-order valence-electron chi connectivity index (χ4n) is 0.925. The van der Waals surface area contributed by atoms with Crippen LogP contribution in [0.25, 0.3) is 0 Å². The maximum atomic E-state index is 11.6. The second kappa shape index (κ2) is 6.02. The van der Waals surface area contributed by atoms with Gasteiger partial charge in [-0.15, -0.1) is 0 Å². The van der Waals surface area contributed by atoms with E-state index in [1.165, 1.54) is 4.90 Å². The minimum Gasteiger partial charge on any atom is -0.328 e. The lowest BCUT2D eigenvalue weighted by atomic mass is 10.1. The largest absolute Gasteiger partial charge is 0.328 e. The number of hydrogen-bond donors (Lipinski definition) is 0. The van der Waals surface area contributed by atoms with Crippen LogP contribution in [0.15, 0.2) is 0 Å². The number of alkyl halides is 1. The lowest BCUT2D eigenvalue weighted by molar-refractivity contribution is -0.133. The van der Waals surface area contributed by atoms with E-state index in [9.17, 15) is 4.79 Å². The second-order valence-corrected chi connectivity index (χ2v) is 4.56. The van der Waals surface area contributed by atoms with Gasteiger partial charge in [-0.3, -0.25) is 4.79 Å². The molecule has 0 rings (SSSR count). The van der Waals surface area contributed by atoms with E-state index in [1.807, 2.05) is 0 Å². The van der Waals surface area contributed by atoms with Crippen molar-refractivity contribution in [2.45, 2.75) is 38.6 Å². The number of amides is 1. The Morgan fingerprint density at radius 1 is 1.50 bits per heavy atom. The molecule has 80 valence electrons. The van der Waals surface area contributed by atoms with Gasteiger partial charge in [-0.2, -0.15) is 5.26 Å². The number of halogens is 1. The zero-order valence-corrected chi connectivity index (χ0v) is 10.6. The van der Waals surface area contributed by atoms with Crippen LogP contribution in [0.5, 0.6) is 0 Å². The molecule has 4 heteroatoms. The molecule has 0 spiro atoms. The second-order valence-electron chi connectivity index (χ2n) is 3.77. The van der Waals surface area contributed by atoms with E-state index in [2.05, 4.69) is 22.0 Å². The van der Waals surface area contributed by atoms with Crippen molar-refractivity contribution in [1.82, 2.24) is 4.90 Å². The number of carbonyl (C=O) groups is 1. The van der Waals surface area contributed by atoms with E-state index in [-0.39, 0.29) is 5.91 Å². The lowest BCUT2D eigenvalue weighted by Gasteiger charge is -2.29. The Bertz CT molecular complexity index is 233. The Hall–Kier alpha value is -0.560. The van der Waals surface area contributed by atoms with Crippen LogP contribution in [-0.2, 0) is 4.79 Å². The summed E-state index contributed by atoms with van der Waals surface area (Å²) in [6, 6.07) is 2.11. The van der Waals surface area contributed by atoms with E-state index in [0.29, 0.717) is 6.42 Å². The predicted octanol–water partition coefficient (Wildman–Crippen LogP) is 2.31. The molecule has 0 aromatic rings. The molecule has 0 aliphatic rings. The first-order valence-corrected chi connectivity index (χ1v) is 5.81. The Balaban J connectivity index is 4.07. The van der Waals surface area contributed by atoms with Crippen LogP contribution in [-0.4, -0.2) is 28.7 Å². The zero-order valence-electron chi connectivity index (χ0n) is 9.01. The number of carbonyl (C=O) groups excluding carboxylic acids is 1. The van der Waals surface area contributed by atoms with Crippen molar-refractivity contribution in [1.29, 1.82) is 5.26 Å². The molecular formula is C10H17BrN2O. The van der Waals surface area contributed by atoms with E-state index in [1.54, 1.807) is 20.9 Å². The molecule has 0 atom stereocenters. The molecule has 0 aromatic heterocycles. The molecule has 0 bridgehead atoms. The number of unbranched alkanes of at least 4 members (excludes halogenated alkanes) is 1. The maximum absolute atomic E-state index is 11.6. The molecule has 14 heavy (non-hydrogen) atoms. The van der Waals surface area contributed by atoms with Gasteiger partial charge in [0.25, 0.3) is 0 Å². The van der Waals surface area contributed by atoms with Gasteiger partial charge in [0.2, 0.25) is 5.91 Å². The summed E-state index contributed by atoms with van der Waals surface area (Å²) in [5.41, 5.74) is -0.703. The van der Waals surface area contributed by atoms with Crippen molar-refractivity contribution < 1.29 is 4.79 Å². The Morgan fingerprint density at radius 2 is 2.07 bits per heavy atom. The third kappa shape index (κ3) is 4.10. The number of nitriles is 1. The summed E-state index contributed by atoms with van der Waals surface area (Å²) in [6.07, 6.45) is 2.38. The first-order chi connectivity index (χ1) is 6.45. The summed E-state index contributed by atoms with van der Waals surface area (Å²) in [5.74, 6) is 0.0394. The molecule has 0 N–H and O–H groups in total. The van der Waals surface area contributed by atoms with Crippen molar-refractivity contribution in [2.75, 3.05) is 12.4 Å². The van der Waals surface area contributed by atoms with Gasteiger partial charge in [-0.1, -0.05) is 15.9 Å². The summed E-state index contributed by atoms with van der Waals surface area (Å²) in [6.45, 7) is 3.49. The maximum Gasteiger partial charge on any atom is 0.223 e. The van der Waals surface area contributed by atoms with Crippen LogP contribution < -0.4 is 0 Å². The summed E-state index contributed by atoms with van der Waals surface area (Å²) >= 11 is 3.31. The molecule has 0 aliphatic heterocycles. The normalized spacial score (nSPS) is 10.8. The van der Waals surface area contributed by atoms with Crippen molar-refractivity contribution in [3.63, 3.8) is 0 Å². The van der Waals surface area contributed by atoms with Gasteiger partial charge in [-0.05, 0) is 26.7 Å². The predicted molar refractivity (Wildman–Crippen MR) is 60.1 cm³/mol. The first-order valence-electron chi connectivity index (χ1n) is 4.69. The molecule has 0 aromatic carbocycles. The Morgan fingerprint density at radius 3 is 2.50 bits per heavy atom. The average Bonchev–Trinajstić information content (AvgIpc) is 2.17. The number of nitrogens with zero attached hydrogens (tertiary/aromatic N) is 2. The van der Waals surface area contributed by atoms with E-state index >= 15 is 0 Å². The Labute approximate surface area is 94.2 Å². The summed E-state index contributed by atoms with van der Waals surface area (Å²) < 4.78 is 0. The molecule has 0 radical (unpaired) electrons. The average molecular weight is 261 g/mol. The Kier molecular flexibility index (Phi) is 5.78. The van der Waals surface area contributed by atoms with Crippen LogP contribution in [0.4, 0.5) is 0 Å². The lowest BCUT2D eigenvalue weighted by Crippen LogP contribution is -2.43. The van der Waals surface area contributed by atoms with Crippen LogP contribution in [0.1, 0.15) is 33.1 Å². The van der Waals surface area contributed by atoms with Gasteiger partial charge < -0.3 is 4.90 Å². The standard InChI is InChI=1S/C10H17BrN2O/c1-10(2,8-12)13(3)9(14)6-4-5-7-11/h4-7H2,1-3H3. The fourth-order valence-corrected chi connectivity index (χ4v) is 1.32. The minimum atomic E-state index is -0.703. The van der Waals surface area contributed by atoms with Crippen LogP contribution >= 0.6 is 15.9 Å². The summed E-state index contributed by atoms with van der Waals surface area (Å²) in [4.78, 5) is 13.1. The molecule has 0 saturated heterocycles. The van der Waals surface area contributed by atoms with Gasteiger partial charge in [0.1, 0.15) is 5.54 Å². The third-order valence-electron chi connectivity index (χ3n) is 2.26. The van der Waals surface area contributed by atoms with E-state index in [0.717, 1.165) is 18.2 Å². The number of hydrogen-bond acceptors (Lipinski definition) is 2. The molecule has 0 fully saturated rings. The first kappa shape index (κ1) is 13.4. The van der Waals surface area contributed by atoms with Gasteiger partial charge >= 0.3 is 0 Å². The van der Waals surface area contributed by atoms with Crippen molar-refractivity contribution in [2.24, 2.45) is 0 Å². The smallest absolute Gasteiger partial charge is 0.223 e. The van der Waals surface area contributed by atoms with Gasteiger partial charge in [0.05, 0.1) is 6.07 Å². The molecule has 0 aliphatic carbocycles. The number of rotatable bonds is 5. The van der Waals surface area contributed by atoms with Crippen molar-refractivity contribution >= 4 is 21.8 Å². The van der Waals surface area contributed by atoms with Crippen LogP contribution in [0.2, 0.25) is 0 Å². The van der Waals surface area contributed by atoms with Gasteiger partial charge in [0.15, 0.2) is 0 Å². The molecule has 0 heterocycles. The van der Waals surface area contributed by atoms with Crippen molar-refractivity contribution in [3.05, 3.63) is 0 Å². The highest BCUT2D eigenvalue weighted by Gasteiger charge is 2.26. The fraction of sp³-hybridized carbons (Fsp3) is 0.800. The van der Waals surface area contributed by atoms with Gasteiger partial charge in [0, 0.05) is 18.8 Å². The molecule has 0 unspecified atom stereocenters. The third-order valence-corrected chi connectivity index (χ3v) is 2.82. The topological polar surface area (TPSA) is 44.1 Å². The summed E-state index contributed by atoms with van der Waals surface area (Å²) in [5, 5.41) is 9.76.